The van der Waals surface area contributed by atoms with Crippen LogP contribution in [0, 0.1) is 0 Å². The van der Waals surface area contributed by atoms with E-state index in [0.29, 0.717) is 12.4 Å². The van der Waals surface area contributed by atoms with Crippen molar-refractivity contribution in [1.82, 2.24) is 0 Å². The highest BCUT2D eigenvalue weighted by molar-refractivity contribution is 7.14. The lowest BCUT2D eigenvalue weighted by Crippen LogP contribution is -2.08. The van der Waals surface area contributed by atoms with E-state index in [-0.39, 0.29) is 10.3 Å². The molecule has 1 aromatic heterocycles. The van der Waals surface area contributed by atoms with Gasteiger partial charge in [-0.25, -0.2) is 4.79 Å². The molecular weight excluding hydrogens is 248 g/mol. The molecule has 0 unspecified atom stereocenters. The van der Waals surface area contributed by atoms with Crippen molar-refractivity contribution in [2.24, 2.45) is 0 Å². The molecule has 1 rings (SSSR count). The SMILES string of the molecule is CC(C)=CCOc1cc(C(C)(C)C)sc1C(=O)O. The Morgan fingerprint density at radius 2 is 2.06 bits per heavy atom. The molecule has 0 aliphatic heterocycles. The van der Waals surface area contributed by atoms with Gasteiger partial charge in [-0.3, -0.25) is 0 Å². The van der Waals surface area contributed by atoms with Crippen LogP contribution in [-0.4, -0.2) is 17.7 Å². The van der Waals surface area contributed by atoms with Gasteiger partial charge in [0, 0.05) is 4.88 Å². The molecule has 0 aromatic carbocycles. The van der Waals surface area contributed by atoms with Crippen molar-refractivity contribution < 1.29 is 14.6 Å². The average Bonchev–Trinajstić information content (AvgIpc) is 2.60. The first-order valence-corrected chi connectivity index (χ1v) is 6.67. The van der Waals surface area contributed by atoms with E-state index < -0.39 is 5.97 Å². The highest BCUT2D eigenvalue weighted by Crippen LogP contribution is 2.36. The maximum absolute atomic E-state index is 11.2. The summed E-state index contributed by atoms with van der Waals surface area (Å²) in [7, 11) is 0. The Balaban J connectivity index is 2.99. The molecule has 0 amide bonds. The largest absolute Gasteiger partial charge is 0.488 e. The summed E-state index contributed by atoms with van der Waals surface area (Å²) < 4.78 is 5.54. The van der Waals surface area contributed by atoms with Crippen LogP contribution in [0.15, 0.2) is 17.7 Å². The molecule has 18 heavy (non-hydrogen) atoms. The molecule has 0 saturated carbocycles. The summed E-state index contributed by atoms with van der Waals surface area (Å²) in [5, 5.41) is 9.17. The van der Waals surface area contributed by atoms with E-state index in [0.717, 1.165) is 10.5 Å². The second-order valence-electron chi connectivity index (χ2n) is 5.45. The van der Waals surface area contributed by atoms with Crippen molar-refractivity contribution in [3.05, 3.63) is 27.5 Å². The molecule has 100 valence electrons. The summed E-state index contributed by atoms with van der Waals surface area (Å²) in [4.78, 5) is 12.5. The third kappa shape index (κ3) is 3.88. The van der Waals surface area contributed by atoms with Gasteiger partial charge in [-0.1, -0.05) is 26.3 Å². The zero-order valence-corrected chi connectivity index (χ0v) is 12.4. The standard InChI is InChI=1S/C14H20O3S/c1-9(2)6-7-17-10-8-11(14(3,4)5)18-12(10)13(15)16/h6,8H,7H2,1-5H3,(H,15,16). The van der Waals surface area contributed by atoms with Crippen molar-refractivity contribution in [1.29, 1.82) is 0 Å². The minimum Gasteiger partial charge on any atom is -0.488 e. The van der Waals surface area contributed by atoms with Gasteiger partial charge < -0.3 is 9.84 Å². The maximum Gasteiger partial charge on any atom is 0.349 e. The number of hydrogen-bond donors (Lipinski definition) is 1. The van der Waals surface area contributed by atoms with E-state index in [1.54, 1.807) is 0 Å². The number of rotatable bonds is 4. The summed E-state index contributed by atoms with van der Waals surface area (Å²) in [6, 6.07) is 1.84. The summed E-state index contributed by atoms with van der Waals surface area (Å²) in [5.74, 6) is -0.461. The van der Waals surface area contributed by atoms with Crippen molar-refractivity contribution >= 4 is 17.3 Å². The number of hydrogen-bond acceptors (Lipinski definition) is 3. The zero-order chi connectivity index (χ0) is 13.9. The van der Waals surface area contributed by atoms with Crippen LogP contribution in [-0.2, 0) is 5.41 Å². The van der Waals surface area contributed by atoms with Crippen LogP contribution in [0.25, 0.3) is 0 Å². The van der Waals surface area contributed by atoms with Crippen LogP contribution >= 0.6 is 11.3 Å². The monoisotopic (exact) mass is 268 g/mol. The average molecular weight is 268 g/mol. The lowest BCUT2D eigenvalue weighted by molar-refractivity contribution is 0.0698. The summed E-state index contributed by atoms with van der Waals surface area (Å²) in [6.45, 7) is 10.5. The highest BCUT2D eigenvalue weighted by atomic mass is 32.1. The Bertz CT molecular complexity index is 460. The Labute approximate surface area is 112 Å². The normalized spacial score (nSPS) is 11.2. The third-order valence-electron chi connectivity index (χ3n) is 2.36. The van der Waals surface area contributed by atoms with E-state index in [1.165, 1.54) is 11.3 Å². The zero-order valence-electron chi connectivity index (χ0n) is 11.5. The number of carboxylic acid groups (broad SMARTS) is 1. The van der Waals surface area contributed by atoms with Crippen LogP contribution in [0.1, 0.15) is 49.2 Å². The molecule has 3 nitrogen and oxygen atoms in total. The Morgan fingerprint density at radius 3 is 2.50 bits per heavy atom. The minimum atomic E-state index is -0.928. The topological polar surface area (TPSA) is 46.5 Å². The second-order valence-corrected chi connectivity index (χ2v) is 6.50. The molecular formula is C14H20O3S. The fourth-order valence-corrected chi connectivity index (χ4v) is 2.30. The molecule has 1 N–H and O–H groups in total. The number of thiophene rings is 1. The smallest absolute Gasteiger partial charge is 0.349 e. The molecule has 0 spiro atoms. The van der Waals surface area contributed by atoms with E-state index in [2.05, 4.69) is 20.8 Å². The van der Waals surface area contributed by atoms with E-state index in [1.807, 2.05) is 26.0 Å². The Hall–Kier alpha value is -1.29. The summed E-state index contributed by atoms with van der Waals surface area (Å²) in [5.41, 5.74) is 1.09. The van der Waals surface area contributed by atoms with Gasteiger partial charge in [-0.05, 0) is 31.4 Å². The Morgan fingerprint density at radius 1 is 1.44 bits per heavy atom. The molecule has 0 bridgehead atoms. The van der Waals surface area contributed by atoms with Crippen molar-refractivity contribution in [2.45, 2.75) is 40.0 Å². The number of ether oxygens (including phenoxy) is 1. The number of carboxylic acids is 1. The lowest BCUT2D eigenvalue weighted by atomic mass is 9.95. The molecule has 0 atom stereocenters. The number of carbonyl (C=O) groups is 1. The highest BCUT2D eigenvalue weighted by Gasteiger charge is 2.23. The van der Waals surface area contributed by atoms with Crippen molar-refractivity contribution in [3.63, 3.8) is 0 Å². The van der Waals surface area contributed by atoms with Gasteiger partial charge in [-0.15, -0.1) is 11.3 Å². The van der Waals surface area contributed by atoms with Gasteiger partial charge in [0.05, 0.1) is 0 Å². The van der Waals surface area contributed by atoms with Gasteiger partial charge in [0.1, 0.15) is 12.4 Å². The molecule has 4 heteroatoms. The van der Waals surface area contributed by atoms with E-state index in [4.69, 9.17) is 9.84 Å². The van der Waals surface area contributed by atoms with E-state index >= 15 is 0 Å². The van der Waals surface area contributed by atoms with Crippen molar-refractivity contribution in [2.75, 3.05) is 6.61 Å². The first kappa shape index (κ1) is 14.8. The fraction of sp³-hybridized carbons (Fsp3) is 0.500. The van der Waals surface area contributed by atoms with Crippen LogP contribution in [0.5, 0.6) is 5.75 Å². The van der Waals surface area contributed by atoms with Gasteiger partial charge in [0.2, 0.25) is 0 Å². The molecule has 1 aromatic rings. The molecule has 0 saturated heterocycles. The Kier molecular flexibility index (Phi) is 4.57. The maximum atomic E-state index is 11.2. The molecule has 0 fully saturated rings. The first-order chi connectivity index (χ1) is 8.21. The number of aromatic carboxylic acids is 1. The third-order valence-corrected chi connectivity index (χ3v) is 3.89. The fourth-order valence-electron chi connectivity index (χ4n) is 1.30. The van der Waals surface area contributed by atoms with E-state index in [9.17, 15) is 4.79 Å². The van der Waals surface area contributed by atoms with Gasteiger partial charge >= 0.3 is 5.97 Å². The summed E-state index contributed by atoms with van der Waals surface area (Å²) in [6.07, 6.45) is 1.93. The lowest BCUT2D eigenvalue weighted by Gasteiger charge is -2.14. The number of allylic oxidation sites excluding steroid dienone is 1. The van der Waals surface area contributed by atoms with Crippen LogP contribution < -0.4 is 4.74 Å². The molecule has 0 radical (unpaired) electrons. The van der Waals surface area contributed by atoms with Crippen molar-refractivity contribution in [3.8, 4) is 5.75 Å². The van der Waals surface area contributed by atoms with Crippen LogP contribution in [0.3, 0.4) is 0 Å². The minimum absolute atomic E-state index is 0.0625. The molecule has 0 aliphatic rings. The second kappa shape index (κ2) is 5.57. The van der Waals surface area contributed by atoms with Crippen LogP contribution in [0.2, 0.25) is 0 Å². The predicted molar refractivity (Wildman–Crippen MR) is 74.9 cm³/mol. The molecule has 0 aliphatic carbocycles. The van der Waals surface area contributed by atoms with Crippen LogP contribution in [0.4, 0.5) is 0 Å². The first-order valence-electron chi connectivity index (χ1n) is 5.85. The predicted octanol–water partition coefficient (Wildman–Crippen LogP) is 4.09. The quantitative estimate of drug-likeness (QED) is 0.837. The summed E-state index contributed by atoms with van der Waals surface area (Å²) >= 11 is 1.29. The molecule has 1 heterocycles. The van der Waals surface area contributed by atoms with Gasteiger partial charge in [0.15, 0.2) is 4.88 Å². The van der Waals surface area contributed by atoms with Gasteiger partial charge in [0.25, 0.3) is 0 Å². The van der Waals surface area contributed by atoms with Gasteiger partial charge in [-0.2, -0.15) is 0 Å².